The summed E-state index contributed by atoms with van der Waals surface area (Å²) in [5, 5.41) is 12.2. The molecule has 1 aromatic rings. The second-order valence-corrected chi connectivity index (χ2v) is 6.21. The average molecular weight is 348 g/mol. The predicted molar refractivity (Wildman–Crippen MR) is 86.4 cm³/mol. The molecule has 0 bridgehead atoms. The van der Waals surface area contributed by atoms with Crippen LogP contribution in [-0.2, 0) is 4.79 Å². The second-order valence-electron chi connectivity index (χ2n) is 5.30. The Labute approximate surface area is 133 Å². The minimum atomic E-state index is -0.188. The molecule has 2 rings (SSSR count). The molecule has 5 heteroatoms. The zero-order valence-electron chi connectivity index (χ0n) is 12.0. The summed E-state index contributed by atoms with van der Waals surface area (Å²) in [5.74, 6) is 0.468. The molecule has 1 fully saturated rings. The summed E-state index contributed by atoms with van der Waals surface area (Å²) in [5.41, 5.74) is 0.974. The first-order chi connectivity index (χ1) is 10.1. The molecule has 21 heavy (non-hydrogen) atoms. The van der Waals surface area contributed by atoms with Gasteiger partial charge in [-0.1, -0.05) is 28.9 Å². The van der Waals surface area contributed by atoms with Crippen LogP contribution in [0, 0.1) is 17.2 Å². The lowest BCUT2D eigenvalue weighted by atomic mass is 9.99. The summed E-state index contributed by atoms with van der Waals surface area (Å²) in [6.07, 6.45) is 3.50. The van der Waals surface area contributed by atoms with Crippen molar-refractivity contribution in [3.8, 4) is 6.07 Å². The highest BCUT2D eigenvalue weighted by Crippen LogP contribution is 2.19. The van der Waals surface area contributed by atoms with Crippen LogP contribution in [0.5, 0.6) is 0 Å². The fraction of sp³-hybridized carbons (Fsp3) is 0.375. The number of carbonyl (C=O) groups is 1. The van der Waals surface area contributed by atoms with Crippen molar-refractivity contribution >= 4 is 27.5 Å². The van der Waals surface area contributed by atoms with Crippen molar-refractivity contribution in [2.75, 3.05) is 18.4 Å². The number of rotatable bonds is 3. The number of likely N-dealkylation sites (tertiary alicyclic amines) is 1. The van der Waals surface area contributed by atoms with Gasteiger partial charge in [-0.3, -0.25) is 4.79 Å². The number of anilines is 1. The summed E-state index contributed by atoms with van der Waals surface area (Å²) in [4.78, 5) is 14.1. The SMILES string of the molecule is CC1CCN(C(=O)/C(C#N)=C\Nc2cccc(Br)c2)CC1. The molecule has 0 atom stereocenters. The van der Waals surface area contributed by atoms with Crippen molar-refractivity contribution in [1.29, 1.82) is 5.26 Å². The van der Waals surface area contributed by atoms with Gasteiger partial charge in [0.2, 0.25) is 0 Å². The number of carbonyl (C=O) groups excluding carboxylic acids is 1. The molecule has 1 aromatic carbocycles. The smallest absolute Gasteiger partial charge is 0.266 e. The molecule has 0 radical (unpaired) electrons. The molecule has 0 unspecified atom stereocenters. The van der Waals surface area contributed by atoms with Crippen molar-refractivity contribution in [3.05, 3.63) is 40.5 Å². The van der Waals surface area contributed by atoms with E-state index >= 15 is 0 Å². The molecule has 1 aliphatic heterocycles. The standard InChI is InChI=1S/C16H18BrN3O/c1-12-5-7-20(8-6-12)16(21)13(10-18)11-19-15-4-2-3-14(17)9-15/h2-4,9,11-12,19H,5-8H2,1H3/b13-11-. The molecule has 4 nitrogen and oxygen atoms in total. The molecule has 1 aliphatic rings. The third-order valence-corrected chi connectivity index (χ3v) is 4.12. The predicted octanol–water partition coefficient (Wildman–Crippen LogP) is 3.53. The topological polar surface area (TPSA) is 56.1 Å². The fourth-order valence-electron chi connectivity index (χ4n) is 2.26. The maximum Gasteiger partial charge on any atom is 0.266 e. The summed E-state index contributed by atoms with van der Waals surface area (Å²) < 4.78 is 0.941. The molecule has 0 saturated carbocycles. The highest BCUT2D eigenvalue weighted by molar-refractivity contribution is 9.10. The van der Waals surface area contributed by atoms with Crippen LogP contribution < -0.4 is 5.32 Å². The van der Waals surface area contributed by atoms with Gasteiger partial charge in [-0.2, -0.15) is 5.26 Å². The summed E-state index contributed by atoms with van der Waals surface area (Å²) >= 11 is 3.38. The van der Waals surface area contributed by atoms with Gasteiger partial charge in [0.15, 0.2) is 0 Å². The van der Waals surface area contributed by atoms with E-state index in [1.54, 1.807) is 4.90 Å². The Kier molecular flexibility index (Phi) is 5.40. The van der Waals surface area contributed by atoms with E-state index in [-0.39, 0.29) is 11.5 Å². The van der Waals surface area contributed by atoms with Gasteiger partial charge in [-0.25, -0.2) is 0 Å². The molecular weight excluding hydrogens is 330 g/mol. The number of nitrogens with zero attached hydrogens (tertiary/aromatic N) is 2. The van der Waals surface area contributed by atoms with Crippen LogP contribution in [0.25, 0.3) is 0 Å². The van der Waals surface area contributed by atoms with Crippen LogP contribution in [0.15, 0.2) is 40.5 Å². The van der Waals surface area contributed by atoms with Gasteiger partial charge in [0, 0.05) is 29.4 Å². The first kappa shape index (κ1) is 15.6. The third-order valence-electron chi connectivity index (χ3n) is 3.63. The van der Waals surface area contributed by atoms with E-state index in [1.165, 1.54) is 6.20 Å². The molecule has 1 heterocycles. The Morgan fingerprint density at radius 3 is 2.81 bits per heavy atom. The van der Waals surface area contributed by atoms with Gasteiger partial charge in [-0.05, 0) is 37.0 Å². The number of nitrogens with one attached hydrogen (secondary N) is 1. The van der Waals surface area contributed by atoms with Crippen LogP contribution >= 0.6 is 15.9 Å². The van der Waals surface area contributed by atoms with Crippen LogP contribution in [0.2, 0.25) is 0 Å². The zero-order valence-corrected chi connectivity index (χ0v) is 13.6. The van der Waals surface area contributed by atoms with Gasteiger partial charge in [0.25, 0.3) is 5.91 Å². The number of benzene rings is 1. The van der Waals surface area contributed by atoms with Gasteiger partial charge in [-0.15, -0.1) is 0 Å². The summed E-state index contributed by atoms with van der Waals surface area (Å²) in [7, 11) is 0. The Bertz CT molecular complexity index is 583. The van der Waals surface area contributed by atoms with Crippen molar-refractivity contribution in [3.63, 3.8) is 0 Å². The number of hydrogen-bond donors (Lipinski definition) is 1. The van der Waals surface area contributed by atoms with Crippen molar-refractivity contribution in [2.24, 2.45) is 5.92 Å². The quantitative estimate of drug-likeness (QED) is 0.672. The lowest BCUT2D eigenvalue weighted by Gasteiger charge is -2.30. The largest absolute Gasteiger partial charge is 0.360 e. The Morgan fingerprint density at radius 1 is 1.48 bits per heavy atom. The highest BCUT2D eigenvalue weighted by Gasteiger charge is 2.22. The highest BCUT2D eigenvalue weighted by atomic mass is 79.9. The minimum absolute atomic E-state index is 0.143. The van der Waals surface area contributed by atoms with Gasteiger partial charge < -0.3 is 10.2 Å². The molecule has 0 aromatic heterocycles. The lowest BCUT2D eigenvalue weighted by Crippen LogP contribution is -2.38. The Hall–Kier alpha value is -1.80. The zero-order chi connectivity index (χ0) is 15.2. The van der Waals surface area contributed by atoms with Crippen molar-refractivity contribution in [2.45, 2.75) is 19.8 Å². The van der Waals surface area contributed by atoms with Crippen molar-refractivity contribution < 1.29 is 4.79 Å². The minimum Gasteiger partial charge on any atom is -0.360 e. The Morgan fingerprint density at radius 2 is 2.19 bits per heavy atom. The molecule has 0 aliphatic carbocycles. The van der Waals surface area contributed by atoms with E-state index < -0.39 is 0 Å². The maximum absolute atomic E-state index is 12.3. The van der Waals surface area contributed by atoms with E-state index in [2.05, 4.69) is 28.2 Å². The number of nitriles is 1. The van der Waals surface area contributed by atoms with Crippen LogP contribution in [-0.4, -0.2) is 23.9 Å². The number of amides is 1. The second kappa shape index (κ2) is 7.28. The molecule has 1 N–H and O–H groups in total. The van der Waals surface area contributed by atoms with Crippen molar-refractivity contribution in [1.82, 2.24) is 4.90 Å². The molecule has 1 amide bonds. The third kappa shape index (κ3) is 4.33. The fourth-order valence-corrected chi connectivity index (χ4v) is 2.66. The maximum atomic E-state index is 12.3. The van der Waals surface area contributed by atoms with Gasteiger partial charge >= 0.3 is 0 Å². The monoisotopic (exact) mass is 347 g/mol. The first-order valence-electron chi connectivity index (χ1n) is 7.02. The molecule has 0 spiro atoms. The number of hydrogen-bond acceptors (Lipinski definition) is 3. The molecule has 1 saturated heterocycles. The van der Waals surface area contributed by atoms with Crippen LogP contribution in [0.1, 0.15) is 19.8 Å². The molecular formula is C16H18BrN3O. The van der Waals surface area contributed by atoms with E-state index in [1.807, 2.05) is 30.3 Å². The Balaban J connectivity index is 2.03. The van der Waals surface area contributed by atoms with E-state index in [9.17, 15) is 10.1 Å². The van der Waals surface area contributed by atoms with E-state index in [0.717, 1.165) is 36.1 Å². The summed E-state index contributed by atoms with van der Waals surface area (Å²) in [6, 6.07) is 9.56. The van der Waals surface area contributed by atoms with Gasteiger partial charge in [0.1, 0.15) is 11.6 Å². The van der Waals surface area contributed by atoms with Crippen LogP contribution in [0.3, 0.4) is 0 Å². The van der Waals surface area contributed by atoms with E-state index in [4.69, 9.17) is 0 Å². The normalized spacial score (nSPS) is 16.4. The van der Waals surface area contributed by atoms with Gasteiger partial charge in [0.05, 0.1) is 0 Å². The number of piperidine rings is 1. The van der Waals surface area contributed by atoms with Crippen LogP contribution in [0.4, 0.5) is 5.69 Å². The van der Waals surface area contributed by atoms with E-state index in [0.29, 0.717) is 5.92 Å². The average Bonchev–Trinajstić information content (AvgIpc) is 2.48. The first-order valence-corrected chi connectivity index (χ1v) is 7.81. The summed E-state index contributed by atoms with van der Waals surface area (Å²) in [6.45, 7) is 3.66. The number of halogens is 1. The lowest BCUT2D eigenvalue weighted by molar-refractivity contribution is -0.128. The molecule has 110 valence electrons.